The fraction of sp³-hybridized carbons (Fsp3) is 0.121. The Morgan fingerprint density at radius 2 is 0.949 bits per heavy atom. The van der Waals surface area contributed by atoms with Gasteiger partial charge in [-0.2, -0.15) is 0 Å². The van der Waals surface area contributed by atoms with Crippen LogP contribution in [-0.2, 0) is 15.6 Å². The Morgan fingerprint density at radius 1 is 0.564 bits per heavy atom. The molecular weight excluding hydrogens is 530 g/mol. The summed E-state index contributed by atoms with van der Waals surface area (Å²) >= 11 is 6.06. The fourth-order valence-electron chi connectivity index (χ4n) is 5.22. The van der Waals surface area contributed by atoms with Crippen molar-refractivity contribution in [3.63, 3.8) is 0 Å². The average molecular weight is 558 g/mol. The number of para-hydroxylation sites is 2. The van der Waals surface area contributed by atoms with Crippen molar-refractivity contribution in [1.82, 2.24) is 24.1 Å². The minimum Gasteiger partial charge on any atom is -0.657 e. The van der Waals surface area contributed by atoms with Crippen LogP contribution in [0.3, 0.4) is 0 Å². The summed E-state index contributed by atoms with van der Waals surface area (Å²) in [7, 11) is 0. The first-order chi connectivity index (χ1) is 18.9. The summed E-state index contributed by atoms with van der Waals surface area (Å²) in [5.41, 5.74) is 10.5. The van der Waals surface area contributed by atoms with Crippen molar-refractivity contribution < 1.29 is 15.6 Å². The smallest absolute Gasteiger partial charge is 0.0343 e. The van der Waals surface area contributed by atoms with E-state index in [0.29, 0.717) is 4.32 Å². The van der Waals surface area contributed by atoms with E-state index in [0.717, 1.165) is 33.7 Å². The van der Waals surface area contributed by atoms with Crippen LogP contribution in [0.1, 0.15) is 22.3 Å². The Morgan fingerprint density at radius 3 is 1.36 bits per heavy atom. The molecule has 0 fully saturated rings. The number of nitrogens with zero attached hydrogens (tertiary/aromatic N) is 5. The number of aryl methyl sites for hydroxylation is 4. The molecule has 0 aliphatic carbocycles. The molecule has 0 N–H and O–H groups in total. The van der Waals surface area contributed by atoms with Crippen molar-refractivity contribution in [3.8, 4) is 11.4 Å². The zero-order chi connectivity index (χ0) is 27.1. The van der Waals surface area contributed by atoms with E-state index in [1.807, 2.05) is 21.3 Å². The zero-order valence-electron chi connectivity index (χ0n) is 22.3. The Bertz CT molecular complexity index is 1860. The molecule has 3 aromatic heterocycles. The van der Waals surface area contributed by atoms with Crippen LogP contribution in [0.25, 0.3) is 44.5 Å². The molecule has 0 unspecified atom stereocenters. The minimum absolute atomic E-state index is 0.647. The number of imidazole rings is 1. The first kappa shape index (κ1) is 25.1. The first-order valence-corrected chi connectivity index (χ1v) is 13.3. The van der Waals surface area contributed by atoms with E-state index >= 15 is 0 Å². The molecule has 0 radical (unpaired) electrons. The van der Waals surface area contributed by atoms with Gasteiger partial charge in [0, 0.05) is 0 Å². The Kier molecular flexibility index (Phi) is 6.51. The summed E-state index contributed by atoms with van der Waals surface area (Å²) in [6, 6.07) is 29.3. The summed E-state index contributed by atoms with van der Waals surface area (Å²) < 4.78 is 4.65. The third-order valence-electron chi connectivity index (χ3n) is 6.69. The van der Waals surface area contributed by atoms with Crippen LogP contribution in [0.5, 0.6) is 0 Å². The van der Waals surface area contributed by atoms with Crippen molar-refractivity contribution in [2.75, 3.05) is 0 Å². The largest absolute Gasteiger partial charge is 0.657 e. The van der Waals surface area contributed by atoms with E-state index in [-0.39, 0.29) is 0 Å². The number of hydrogen-bond donors (Lipinski definition) is 0. The molecule has 3 heterocycles. The molecule has 0 atom stereocenters. The van der Waals surface area contributed by atoms with E-state index in [1.165, 1.54) is 33.0 Å². The molecular formula is C33H28CuN5-. The topological polar surface area (TPSA) is 49.7 Å². The Labute approximate surface area is 235 Å². The molecule has 6 heteroatoms. The molecule has 4 aromatic carbocycles. The van der Waals surface area contributed by atoms with Gasteiger partial charge in [-0.3, -0.25) is 0 Å². The van der Waals surface area contributed by atoms with Gasteiger partial charge < -0.3 is 4.98 Å². The van der Waals surface area contributed by atoms with Crippen LogP contribution in [-0.4, -0.2) is 19.1 Å². The molecule has 5 nitrogen and oxygen atoms in total. The molecule has 0 aliphatic rings. The second-order valence-corrected chi connectivity index (χ2v) is 10.4. The number of fused-ring (bicyclic) bond motifs is 4. The Hall–Kier alpha value is -4.25. The predicted molar refractivity (Wildman–Crippen MR) is 155 cm³/mol. The fourth-order valence-corrected chi connectivity index (χ4v) is 5.66. The maximum Gasteiger partial charge on any atom is -0.0343 e. The number of benzene rings is 4. The molecule has 0 aliphatic heterocycles. The van der Waals surface area contributed by atoms with E-state index in [2.05, 4.69) is 115 Å². The number of rotatable bonds is 2. The van der Waals surface area contributed by atoms with Gasteiger partial charge in [0.2, 0.25) is 0 Å². The van der Waals surface area contributed by atoms with Crippen molar-refractivity contribution in [2.45, 2.75) is 27.7 Å². The molecule has 197 valence electrons. The SMILES string of the molecule is Cc1cc(C)cc(-n2[c](=[Cu])n(-c3cc(C)cc(C)c3)c3nccnc32)c1.c1ccc2c(c1)[n-]c1ccccc12. The molecule has 0 bridgehead atoms. The van der Waals surface area contributed by atoms with Gasteiger partial charge in [0.1, 0.15) is 0 Å². The molecule has 0 saturated heterocycles. The van der Waals surface area contributed by atoms with Crippen molar-refractivity contribution in [1.29, 1.82) is 0 Å². The minimum atomic E-state index is 0.647. The van der Waals surface area contributed by atoms with Gasteiger partial charge in [-0.05, 0) is 10.8 Å². The predicted octanol–water partition coefficient (Wildman–Crippen LogP) is 7.47. The number of aromatic nitrogens is 5. The molecule has 0 saturated carbocycles. The van der Waals surface area contributed by atoms with Crippen molar-refractivity contribution >= 4 is 33.1 Å². The quantitative estimate of drug-likeness (QED) is 0.207. The molecule has 0 amide bonds. The van der Waals surface area contributed by atoms with Gasteiger partial charge in [-0.1, -0.05) is 48.5 Å². The maximum absolute atomic E-state index is 6.06. The third-order valence-corrected chi connectivity index (χ3v) is 7.11. The van der Waals surface area contributed by atoms with Crippen LogP contribution < -0.4 is 4.98 Å². The van der Waals surface area contributed by atoms with Gasteiger partial charge in [-0.25, -0.2) is 0 Å². The van der Waals surface area contributed by atoms with Crippen LogP contribution in [0.4, 0.5) is 0 Å². The van der Waals surface area contributed by atoms with Crippen molar-refractivity contribution in [3.05, 3.63) is 124 Å². The Balaban J connectivity index is 0.000000176. The summed E-state index contributed by atoms with van der Waals surface area (Å²) in [6.07, 6.45) is 3.42. The monoisotopic (exact) mass is 557 g/mol. The average Bonchev–Trinajstić information content (AvgIpc) is 3.42. The summed E-state index contributed by atoms with van der Waals surface area (Å²) in [5.74, 6) is 0. The van der Waals surface area contributed by atoms with Crippen LogP contribution in [0.15, 0.2) is 97.3 Å². The molecule has 0 spiro atoms. The summed E-state index contributed by atoms with van der Waals surface area (Å²) in [5, 5.41) is 2.50. The zero-order valence-corrected chi connectivity index (χ0v) is 23.2. The van der Waals surface area contributed by atoms with Crippen molar-refractivity contribution in [2.24, 2.45) is 0 Å². The maximum atomic E-state index is 6.06. The van der Waals surface area contributed by atoms with Gasteiger partial charge in [0.05, 0.1) is 0 Å². The van der Waals surface area contributed by atoms with Gasteiger partial charge in [0.25, 0.3) is 0 Å². The van der Waals surface area contributed by atoms with Crippen LogP contribution >= 0.6 is 0 Å². The van der Waals surface area contributed by atoms with E-state index < -0.39 is 0 Å². The standard InChI is InChI=1S/C21H20N4.C12H8N.Cu/c1-14-7-15(2)10-18(9-14)24-13-25(21-20(24)22-5-6-23-21)19-11-16(3)8-17(4)12-19;1-3-7-11-9(5-1)10-6-2-4-8-12(10)13-11;/h5-12H,1-4H3;1-8H;/q;-1;. The van der Waals surface area contributed by atoms with E-state index in [1.54, 1.807) is 12.4 Å². The summed E-state index contributed by atoms with van der Waals surface area (Å²) in [6.45, 7) is 8.36. The van der Waals surface area contributed by atoms with Gasteiger partial charge in [-0.15, -0.1) is 11.0 Å². The second-order valence-electron chi connectivity index (χ2n) is 9.95. The van der Waals surface area contributed by atoms with E-state index in [4.69, 9.17) is 15.6 Å². The molecule has 7 aromatic rings. The van der Waals surface area contributed by atoms with Gasteiger partial charge in [0.15, 0.2) is 0 Å². The van der Waals surface area contributed by atoms with Crippen LogP contribution in [0.2, 0.25) is 0 Å². The third kappa shape index (κ3) is 4.74. The van der Waals surface area contributed by atoms with Crippen LogP contribution in [0, 0.1) is 32.0 Å². The van der Waals surface area contributed by atoms with Gasteiger partial charge >= 0.3 is 160 Å². The molecule has 7 rings (SSSR count). The van der Waals surface area contributed by atoms with E-state index in [9.17, 15) is 0 Å². The molecule has 39 heavy (non-hydrogen) atoms. The second kappa shape index (κ2) is 10.1. The number of hydrogen-bond acceptors (Lipinski definition) is 2. The summed E-state index contributed by atoms with van der Waals surface area (Å²) in [4.78, 5) is 13.7. The normalized spacial score (nSPS) is 11.2. The first-order valence-electron chi connectivity index (χ1n) is 12.9.